The Morgan fingerprint density at radius 3 is 2.86 bits per heavy atom. The maximum Gasteiger partial charge on any atom is 0.279 e. The van der Waals surface area contributed by atoms with Crippen LogP contribution in [-0.4, -0.2) is 65.1 Å². The molecule has 1 atom stereocenters. The Bertz CT molecular complexity index is 382. The van der Waals surface area contributed by atoms with Gasteiger partial charge < -0.3 is 10.1 Å². The highest BCUT2D eigenvalue weighted by Gasteiger charge is 2.28. The van der Waals surface area contributed by atoms with E-state index in [1.807, 2.05) is 6.92 Å². The van der Waals surface area contributed by atoms with E-state index in [1.54, 1.807) is 0 Å². The van der Waals surface area contributed by atoms with Gasteiger partial charge in [0, 0.05) is 19.6 Å². The monoisotopic (exact) mass is 329 g/mol. The molecule has 0 spiro atoms. The standard InChI is InChI=1S/C12H25F2N3O3S/c1-2-15-8-11-4-3-6-17(9-11)21(18,19)16-5-7-20-10-12(13)14/h11-12,15-16H,2-10H2,1H3. The summed E-state index contributed by atoms with van der Waals surface area (Å²) in [5.74, 6) is 0.311. The molecule has 0 aliphatic carbocycles. The number of hydrogen-bond donors (Lipinski definition) is 2. The van der Waals surface area contributed by atoms with Crippen molar-refractivity contribution < 1.29 is 21.9 Å². The van der Waals surface area contributed by atoms with Crippen molar-refractivity contribution in [2.45, 2.75) is 26.2 Å². The molecule has 1 unspecified atom stereocenters. The molecule has 1 saturated heterocycles. The zero-order valence-corrected chi connectivity index (χ0v) is 13.2. The normalized spacial score (nSPS) is 21.0. The molecule has 21 heavy (non-hydrogen) atoms. The molecule has 0 aromatic carbocycles. The predicted octanol–water partition coefficient (Wildman–Crippen LogP) is 0.424. The van der Waals surface area contributed by atoms with Gasteiger partial charge in [-0.3, -0.25) is 0 Å². The van der Waals surface area contributed by atoms with E-state index in [9.17, 15) is 17.2 Å². The summed E-state index contributed by atoms with van der Waals surface area (Å²) in [6.45, 7) is 3.94. The third-order valence-corrected chi connectivity index (χ3v) is 4.86. The molecule has 0 amide bonds. The lowest BCUT2D eigenvalue weighted by Crippen LogP contribution is -2.48. The second kappa shape index (κ2) is 9.62. The zero-order valence-electron chi connectivity index (χ0n) is 12.4. The van der Waals surface area contributed by atoms with Gasteiger partial charge in [0.15, 0.2) is 0 Å². The molecule has 0 aromatic rings. The molecule has 2 N–H and O–H groups in total. The largest absolute Gasteiger partial charge is 0.374 e. The van der Waals surface area contributed by atoms with E-state index >= 15 is 0 Å². The summed E-state index contributed by atoms with van der Waals surface area (Å²) in [7, 11) is -3.55. The SMILES string of the molecule is CCNCC1CCCN(S(=O)(=O)NCCOCC(F)F)C1. The minimum Gasteiger partial charge on any atom is -0.374 e. The Hall–Kier alpha value is -0.350. The lowest BCUT2D eigenvalue weighted by Gasteiger charge is -2.32. The van der Waals surface area contributed by atoms with Gasteiger partial charge in [-0.1, -0.05) is 6.92 Å². The van der Waals surface area contributed by atoms with Gasteiger partial charge >= 0.3 is 0 Å². The van der Waals surface area contributed by atoms with Crippen molar-refractivity contribution in [3.05, 3.63) is 0 Å². The molecule has 6 nitrogen and oxygen atoms in total. The van der Waals surface area contributed by atoms with Crippen LogP contribution in [0.3, 0.4) is 0 Å². The lowest BCUT2D eigenvalue weighted by molar-refractivity contribution is 0.0198. The van der Waals surface area contributed by atoms with E-state index in [2.05, 4.69) is 14.8 Å². The predicted molar refractivity (Wildman–Crippen MR) is 76.6 cm³/mol. The Kier molecular flexibility index (Phi) is 8.57. The van der Waals surface area contributed by atoms with E-state index in [0.717, 1.165) is 25.9 Å². The van der Waals surface area contributed by atoms with Crippen molar-refractivity contribution in [3.8, 4) is 0 Å². The van der Waals surface area contributed by atoms with Crippen molar-refractivity contribution in [1.82, 2.24) is 14.3 Å². The molecule has 0 aromatic heterocycles. The van der Waals surface area contributed by atoms with Gasteiger partial charge in [0.2, 0.25) is 0 Å². The van der Waals surface area contributed by atoms with Gasteiger partial charge in [-0.25, -0.2) is 8.78 Å². The second-order valence-corrected chi connectivity index (χ2v) is 6.79. The maximum absolute atomic E-state index is 12.1. The lowest BCUT2D eigenvalue weighted by atomic mass is 10.00. The van der Waals surface area contributed by atoms with Crippen molar-refractivity contribution in [1.29, 1.82) is 0 Å². The Morgan fingerprint density at radius 2 is 2.19 bits per heavy atom. The number of hydrogen-bond acceptors (Lipinski definition) is 4. The topological polar surface area (TPSA) is 70.7 Å². The van der Waals surface area contributed by atoms with Crippen LogP contribution in [0.15, 0.2) is 0 Å². The minimum absolute atomic E-state index is 0.00340. The fourth-order valence-electron chi connectivity index (χ4n) is 2.27. The Morgan fingerprint density at radius 1 is 1.43 bits per heavy atom. The fraction of sp³-hybridized carbons (Fsp3) is 1.00. The smallest absolute Gasteiger partial charge is 0.279 e. The fourth-order valence-corrected chi connectivity index (χ4v) is 3.57. The van der Waals surface area contributed by atoms with Gasteiger partial charge in [0.05, 0.1) is 6.61 Å². The van der Waals surface area contributed by atoms with Crippen LogP contribution in [0.2, 0.25) is 0 Å². The van der Waals surface area contributed by atoms with E-state index in [1.165, 1.54) is 4.31 Å². The first-order valence-electron chi connectivity index (χ1n) is 7.27. The molecule has 0 radical (unpaired) electrons. The quantitative estimate of drug-likeness (QED) is 0.570. The van der Waals surface area contributed by atoms with Gasteiger partial charge in [-0.05, 0) is 31.8 Å². The highest BCUT2D eigenvalue weighted by atomic mass is 32.2. The Labute approximate surface area is 125 Å². The van der Waals surface area contributed by atoms with Crippen molar-refractivity contribution in [2.24, 2.45) is 5.92 Å². The van der Waals surface area contributed by atoms with Crippen LogP contribution < -0.4 is 10.0 Å². The molecule has 1 fully saturated rings. The third-order valence-electron chi connectivity index (χ3n) is 3.28. The highest BCUT2D eigenvalue weighted by Crippen LogP contribution is 2.17. The molecule has 1 heterocycles. The molecule has 1 aliphatic rings. The van der Waals surface area contributed by atoms with Gasteiger partial charge in [-0.15, -0.1) is 0 Å². The summed E-state index contributed by atoms with van der Waals surface area (Å²) >= 11 is 0. The van der Waals surface area contributed by atoms with Crippen LogP contribution in [0.5, 0.6) is 0 Å². The number of rotatable bonds is 10. The van der Waals surface area contributed by atoms with Crippen LogP contribution in [-0.2, 0) is 14.9 Å². The molecule has 1 rings (SSSR count). The molecular formula is C12H25F2N3O3S. The first kappa shape index (κ1) is 18.7. The van der Waals surface area contributed by atoms with Gasteiger partial charge in [-0.2, -0.15) is 17.4 Å². The van der Waals surface area contributed by atoms with Crippen LogP contribution in [0.1, 0.15) is 19.8 Å². The van der Waals surface area contributed by atoms with Crippen LogP contribution in [0.4, 0.5) is 8.78 Å². The summed E-state index contributed by atoms with van der Waals surface area (Å²) in [6.07, 6.45) is -0.689. The Balaban J connectivity index is 2.32. The van der Waals surface area contributed by atoms with Crippen LogP contribution >= 0.6 is 0 Å². The van der Waals surface area contributed by atoms with Gasteiger partial charge in [0.1, 0.15) is 6.61 Å². The summed E-state index contributed by atoms with van der Waals surface area (Å²) in [5, 5.41) is 3.23. The van der Waals surface area contributed by atoms with Crippen LogP contribution in [0.25, 0.3) is 0 Å². The number of halogens is 2. The second-order valence-electron chi connectivity index (χ2n) is 5.04. The average Bonchev–Trinajstić information content (AvgIpc) is 2.44. The van der Waals surface area contributed by atoms with Crippen molar-refractivity contribution >= 4 is 10.2 Å². The molecule has 126 valence electrons. The molecule has 9 heteroatoms. The number of nitrogens with one attached hydrogen (secondary N) is 2. The number of alkyl halides is 2. The highest BCUT2D eigenvalue weighted by molar-refractivity contribution is 7.87. The van der Waals surface area contributed by atoms with E-state index < -0.39 is 23.2 Å². The number of nitrogens with zero attached hydrogens (tertiary/aromatic N) is 1. The van der Waals surface area contributed by atoms with E-state index in [4.69, 9.17) is 0 Å². The van der Waals surface area contributed by atoms with Crippen LogP contribution in [0, 0.1) is 5.92 Å². The molecule has 1 aliphatic heterocycles. The molecular weight excluding hydrogens is 304 g/mol. The minimum atomic E-state index is -3.55. The summed E-state index contributed by atoms with van der Waals surface area (Å²) in [6, 6.07) is 0. The van der Waals surface area contributed by atoms with Crippen molar-refractivity contribution in [2.75, 3.05) is 45.9 Å². The maximum atomic E-state index is 12.1. The summed E-state index contributed by atoms with van der Waals surface area (Å²) < 4.78 is 56.3. The number of ether oxygens (including phenoxy) is 1. The van der Waals surface area contributed by atoms with Gasteiger partial charge in [0.25, 0.3) is 16.6 Å². The molecule has 0 bridgehead atoms. The first-order valence-corrected chi connectivity index (χ1v) is 8.71. The average molecular weight is 329 g/mol. The first-order chi connectivity index (χ1) is 9.95. The third kappa shape index (κ3) is 7.46. The van der Waals surface area contributed by atoms with E-state index in [-0.39, 0.29) is 13.2 Å². The summed E-state index contributed by atoms with van der Waals surface area (Å²) in [5.41, 5.74) is 0. The summed E-state index contributed by atoms with van der Waals surface area (Å²) in [4.78, 5) is 0. The van der Waals surface area contributed by atoms with E-state index in [0.29, 0.717) is 19.0 Å². The zero-order chi connectivity index (χ0) is 15.7. The molecule has 0 saturated carbocycles. The number of piperidine rings is 1. The van der Waals surface area contributed by atoms with Crippen molar-refractivity contribution in [3.63, 3.8) is 0 Å².